The van der Waals surface area contributed by atoms with Crippen LogP contribution in [0.4, 0.5) is 0 Å². The van der Waals surface area contributed by atoms with E-state index < -0.39 is 0 Å². The molecular weight excluding hydrogens is 249 g/mol. The number of nitrogens with one attached hydrogen (secondary N) is 1. The molecule has 98 valence electrons. The molecule has 1 saturated carbocycles. The van der Waals surface area contributed by atoms with Gasteiger partial charge in [0.15, 0.2) is 11.6 Å². The second kappa shape index (κ2) is 5.70. The van der Waals surface area contributed by atoms with E-state index in [1.165, 1.54) is 0 Å². The van der Waals surface area contributed by atoms with Crippen LogP contribution in [0.25, 0.3) is 10.9 Å². The number of fused-ring (bicyclic) bond motifs is 1. The van der Waals surface area contributed by atoms with E-state index in [9.17, 15) is 9.59 Å². The maximum absolute atomic E-state index is 11.8. The summed E-state index contributed by atoms with van der Waals surface area (Å²) in [5, 5.41) is 9.96. The van der Waals surface area contributed by atoms with Gasteiger partial charge in [0.25, 0.3) is 0 Å². The molecule has 1 aromatic carbocycles. The molecule has 3 rings (SSSR count). The minimum Gasteiger partial charge on any atom is -1.00 e. The van der Waals surface area contributed by atoms with E-state index in [1.54, 1.807) is 0 Å². The van der Waals surface area contributed by atoms with E-state index in [-0.39, 0.29) is 56.2 Å². The number of aliphatic hydroxyl groups is 1. The number of benzene rings is 1. The van der Waals surface area contributed by atoms with Crippen molar-refractivity contribution in [1.82, 2.24) is 4.98 Å². The summed E-state index contributed by atoms with van der Waals surface area (Å²) in [5.41, 5.74) is 1.94. The molecule has 1 fully saturated rings. The quantitative estimate of drug-likeness (QED) is 0.322. The number of rotatable bonds is 1. The van der Waals surface area contributed by atoms with Crippen molar-refractivity contribution < 1.29 is 35.0 Å². The number of hydrogen-bond acceptors (Lipinski definition) is 3. The zero-order valence-electron chi connectivity index (χ0n) is 12.2. The Morgan fingerprint density at radius 2 is 1.90 bits per heavy atom. The van der Waals surface area contributed by atoms with Crippen LogP contribution in [0.5, 0.6) is 0 Å². The zero-order valence-corrected chi connectivity index (χ0v) is 11.2. The number of allylic oxidation sites excluding steroid dienone is 1. The van der Waals surface area contributed by atoms with Crippen molar-refractivity contribution in [2.24, 2.45) is 0 Å². The molecule has 1 aromatic heterocycles. The van der Waals surface area contributed by atoms with Crippen LogP contribution in [0.1, 0.15) is 25.7 Å². The van der Waals surface area contributed by atoms with Crippen LogP contribution in [0.15, 0.2) is 42.3 Å². The maximum Gasteiger partial charge on any atom is 1.00 e. The summed E-state index contributed by atoms with van der Waals surface area (Å²) in [4.78, 5) is 26.8. The van der Waals surface area contributed by atoms with Crippen molar-refractivity contribution >= 4 is 22.5 Å². The molecule has 1 aliphatic carbocycles. The van der Waals surface area contributed by atoms with E-state index >= 15 is 0 Å². The summed E-state index contributed by atoms with van der Waals surface area (Å²) >= 11 is 0. The fourth-order valence-electron chi connectivity index (χ4n) is 2.72. The van der Waals surface area contributed by atoms with E-state index in [1.807, 2.05) is 30.5 Å². The van der Waals surface area contributed by atoms with Gasteiger partial charge in [0, 0.05) is 29.9 Å². The number of carbonyl (C=O) groups is 2. The molecule has 0 bridgehead atoms. The third-order valence-electron chi connectivity index (χ3n) is 3.66. The third kappa shape index (κ3) is 2.33. The number of aliphatic hydroxyl groups excluding tert-OH is 1. The summed E-state index contributed by atoms with van der Waals surface area (Å²) in [6.07, 6.45) is 3.02. The summed E-state index contributed by atoms with van der Waals surface area (Å²) < 4.78 is 0. The average molecular weight is 263 g/mol. The molecule has 2 aromatic rings. The molecule has 0 unspecified atom stereocenters. The fourth-order valence-corrected chi connectivity index (χ4v) is 2.72. The first kappa shape index (κ1) is 14.6. The molecule has 0 amide bonds. The Labute approximate surface area is 129 Å². The Kier molecular flexibility index (Phi) is 4.17. The van der Waals surface area contributed by atoms with Crippen molar-refractivity contribution in [2.75, 3.05) is 0 Å². The number of carbonyl (C=O) groups excluding carboxylic acids is 2. The van der Waals surface area contributed by atoms with Gasteiger partial charge in [-0.1, -0.05) is 12.1 Å². The predicted octanol–water partition coefficient (Wildman–Crippen LogP) is -0.258. The van der Waals surface area contributed by atoms with Gasteiger partial charge in [-0.3, -0.25) is 9.59 Å². The SMILES string of the molecule is O=C1CC(c2cccc3[nH]ccc23)CC(=O)C1=CO.[H-].[Li+]. The summed E-state index contributed by atoms with van der Waals surface area (Å²) in [7, 11) is 0. The molecule has 0 aliphatic heterocycles. The molecule has 0 saturated heterocycles. The second-order valence-electron chi connectivity index (χ2n) is 4.78. The van der Waals surface area contributed by atoms with Gasteiger partial charge in [-0.05, 0) is 23.6 Å². The van der Waals surface area contributed by atoms with Gasteiger partial charge in [-0.2, -0.15) is 0 Å². The second-order valence-corrected chi connectivity index (χ2v) is 4.78. The van der Waals surface area contributed by atoms with Crippen LogP contribution in [0.2, 0.25) is 0 Å². The van der Waals surface area contributed by atoms with Crippen molar-refractivity contribution in [3.8, 4) is 0 Å². The first-order valence-corrected chi connectivity index (χ1v) is 6.17. The normalized spacial score (nSPS) is 19.0. The number of hydrogen-bond donors (Lipinski definition) is 2. The van der Waals surface area contributed by atoms with Crippen molar-refractivity contribution in [3.05, 3.63) is 47.9 Å². The van der Waals surface area contributed by atoms with E-state index in [4.69, 9.17) is 5.11 Å². The Hall–Kier alpha value is -1.76. The molecule has 5 heteroatoms. The average Bonchev–Trinajstić information content (AvgIpc) is 2.86. The van der Waals surface area contributed by atoms with E-state index in [0.29, 0.717) is 6.26 Å². The minimum atomic E-state index is -0.281. The number of Topliss-reactive ketones (excluding diaryl/α,β-unsaturated/α-hetero) is 2. The molecule has 4 nitrogen and oxygen atoms in total. The van der Waals surface area contributed by atoms with Crippen LogP contribution in [-0.4, -0.2) is 21.7 Å². The molecule has 20 heavy (non-hydrogen) atoms. The van der Waals surface area contributed by atoms with Gasteiger partial charge in [0.05, 0.1) is 11.8 Å². The number of aromatic nitrogens is 1. The summed E-state index contributed by atoms with van der Waals surface area (Å²) in [6.45, 7) is 0. The Morgan fingerprint density at radius 1 is 1.20 bits per heavy atom. The van der Waals surface area contributed by atoms with Crippen LogP contribution >= 0.6 is 0 Å². The largest absolute Gasteiger partial charge is 1.00 e. The topological polar surface area (TPSA) is 70.2 Å². The van der Waals surface area contributed by atoms with Crippen LogP contribution in [0.3, 0.4) is 0 Å². The predicted molar refractivity (Wildman–Crippen MR) is 72.1 cm³/mol. The van der Waals surface area contributed by atoms with Crippen molar-refractivity contribution in [2.45, 2.75) is 18.8 Å². The molecule has 0 spiro atoms. The Balaban J connectivity index is 0.00000110. The first-order chi connectivity index (χ1) is 9.20. The van der Waals surface area contributed by atoms with E-state index in [0.717, 1.165) is 16.5 Å². The fraction of sp³-hybridized carbons (Fsp3) is 0.200. The molecular formula is C15H14LiNO3. The van der Waals surface area contributed by atoms with Gasteiger partial charge in [-0.15, -0.1) is 0 Å². The summed E-state index contributed by atoms with van der Waals surface area (Å²) in [6, 6.07) is 7.79. The van der Waals surface area contributed by atoms with Gasteiger partial charge < -0.3 is 11.5 Å². The van der Waals surface area contributed by atoms with Crippen LogP contribution in [-0.2, 0) is 9.59 Å². The smallest absolute Gasteiger partial charge is 1.00 e. The number of ketones is 2. The Morgan fingerprint density at radius 3 is 2.55 bits per heavy atom. The van der Waals surface area contributed by atoms with Gasteiger partial charge in [0.2, 0.25) is 0 Å². The van der Waals surface area contributed by atoms with Crippen LogP contribution in [0, 0.1) is 0 Å². The Bertz CT molecular complexity index is 688. The monoisotopic (exact) mass is 263 g/mol. The number of aromatic amines is 1. The third-order valence-corrected chi connectivity index (χ3v) is 3.66. The standard InChI is InChI=1S/C15H13NO3.Li.H/c17-8-12-14(18)6-9(7-15(12)19)10-2-1-3-13-11(10)4-5-16-13;;/h1-5,8-9,16-17H,6-7H2;;/q;+1;-1. The van der Waals surface area contributed by atoms with E-state index in [2.05, 4.69) is 4.98 Å². The molecule has 1 aliphatic rings. The van der Waals surface area contributed by atoms with Gasteiger partial charge in [-0.25, -0.2) is 0 Å². The van der Waals surface area contributed by atoms with Gasteiger partial charge in [0.1, 0.15) is 0 Å². The summed E-state index contributed by atoms with van der Waals surface area (Å²) in [5.74, 6) is -0.671. The first-order valence-electron chi connectivity index (χ1n) is 6.17. The molecule has 0 atom stereocenters. The van der Waals surface area contributed by atoms with Crippen molar-refractivity contribution in [1.29, 1.82) is 0 Å². The maximum atomic E-state index is 11.8. The zero-order chi connectivity index (χ0) is 13.4. The number of H-pyrrole nitrogens is 1. The molecule has 1 heterocycles. The molecule has 0 radical (unpaired) electrons. The molecule has 2 N–H and O–H groups in total. The minimum absolute atomic E-state index is 0. The van der Waals surface area contributed by atoms with Crippen LogP contribution < -0.4 is 18.9 Å². The van der Waals surface area contributed by atoms with Gasteiger partial charge >= 0.3 is 18.9 Å². The van der Waals surface area contributed by atoms with Crippen molar-refractivity contribution in [3.63, 3.8) is 0 Å².